The first-order chi connectivity index (χ1) is 14.5. The van der Waals surface area contributed by atoms with Gasteiger partial charge in [-0.15, -0.1) is 0 Å². The van der Waals surface area contributed by atoms with Crippen molar-refractivity contribution in [3.8, 4) is 17.2 Å². The molecule has 1 fully saturated rings. The zero-order valence-corrected chi connectivity index (χ0v) is 17.5. The van der Waals surface area contributed by atoms with Crippen molar-refractivity contribution in [2.45, 2.75) is 0 Å². The van der Waals surface area contributed by atoms with Gasteiger partial charge in [-0.25, -0.2) is 0 Å². The molecule has 1 saturated heterocycles. The third-order valence-electron chi connectivity index (χ3n) is 5.06. The van der Waals surface area contributed by atoms with Crippen LogP contribution >= 0.6 is 0 Å². The Balaban J connectivity index is 1.52. The fraction of sp³-hybridized carbons (Fsp3) is 0.364. The second-order valence-electron chi connectivity index (χ2n) is 6.85. The van der Waals surface area contributed by atoms with Gasteiger partial charge in [-0.2, -0.15) is 0 Å². The van der Waals surface area contributed by atoms with Crippen LogP contribution in [0.1, 0.15) is 10.4 Å². The molecule has 0 aromatic heterocycles. The van der Waals surface area contributed by atoms with Gasteiger partial charge in [0.2, 0.25) is 5.91 Å². The molecule has 2 amide bonds. The van der Waals surface area contributed by atoms with E-state index in [0.717, 1.165) is 24.5 Å². The Morgan fingerprint density at radius 3 is 2.10 bits per heavy atom. The number of piperazine rings is 1. The molecule has 1 aliphatic rings. The summed E-state index contributed by atoms with van der Waals surface area (Å²) in [7, 11) is 4.68. The van der Waals surface area contributed by atoms with Crippen molar-refractivity contribution >= 4 is 17.5 Å². The fourth-order valence-corrected chi connectivity index (χ4v) is 3.33. The Hall–Kier alpha value is -3.42. The molecule has 0 spiro atoms. The molecule has 0 bridgehead atoms. The van der Waals surface area contributed by atoms with Gasteiger partial charge >= 0.3 is 0 Å². The first kappa shape index (κ1) is 21.3. The summed E-state index contributed by atoms with van der Waals surface area (Å²) >= 11 is 0. The quantitative estimate of drug-likeness (QED) is 0.746. The number of amides is 2. The van der Waals surface area contributed by atoms with Crippen LogP contribution < -0.4 is 24.4 Å². The molecule has 160 valence electrons. The Bertz CT molecular complexity index is 872. The number of benzene rings is 2. The normalized spacial score (nSPS) is 13.6. The van der Waals surface area contributed by atoms with Crippen molar-refractivity contribution in [2.24, 2.45) is 0 Å². The van der Waals surface area contributed by atoms with Crippen LogP contribution in [0.25, 0.3) is 0 Å². The lowest BCUT2D eigenvalue weighted by atomic mass is 10.2. The molecule has 1 aliphatic heterocycles. The fourth-order valence-electron chi connectivity index (χ4n) is 3.33. The molecule has 0 aliphatic carbocycles. The lowest BCUT2D eigenvalue weighted by molar-refractivity contribution is -0.130. The number of methoxy groups -OCH3 is 3. The molecule has 2 aromatic carbocycles. The average molecular weight is 413 g/mol. The molecular weight excluding hydrogens is 386 g/mol. The van der Waals surface area contributed by atoms with Crippen LogP contribution in [0.4, 0.5) is 5.69 Å². The SMILES string of the molecule is COc1cc(OC)cc(C(=O)NCC(=O)N2CCN(c3cccc(OC)c3)CC2)c1. The largest absolute Gasteiger partial charge is 0.497 e. The van der Waals surface area contributed by atoms with E-state index in [1.165, 1.54) is 14.2 Å². The van der Waals surface area contributed by atoms with Crippen LogP contribution in [0, 0.1) is 0 Å². The molecule has 2 aromatic rings. The van der Waals surface area contributed by atoms with Gasteiger partial charge in [-0.1, -0.05) is 6.07 Å². The summed E-state index contributed by atoms with van der Waals surface area (Å²) in [4.78, 5) is 29.0. The Morgan fingerprint density at radius 1 is 0.867 bits per heavy atom. The van der Waals surface area contributed by atoms with Crippen molar-refractivity contribution in [1.29, 1.82) is 0 Å². The summed E-state index contributed by atoms with van der Waals surface area (Å²) < 4.78 is 15.6. The molecule has 1 heterocycles. The Labute approximate surface area is 176 Å². The first-order valence-electron chi connectivity index (χ1n) is 9.72. The molecular formula is C22H27N3O5. The third-order valence-corrected chi connectivity index (χ3v) is 5.06. The highest BCUT2D eigenvalue weighted by Crippen LogP contribution is 2.23. The minimum atomic E-state index is -0.351. The predicted molar refractivity (Wildman–Crippen MR) is 114 cm³/mol. The van der Waals surface area contributed by atoms with Gasteiger partial charge in [0.15, 0.2) is 0 Å². The third kappa shape index (κ3) is 5.14. The number of nitrogens with one attached hydrogen (secondary N) is 1. The summed E-state index contributed by atoms with van der Waals surface area (Å²) in [5.41, 5.74) is 1.45. The van der Waals surface area contributed by atoms with Gasteiger partial charge in [0.1, 0.15) is 17.2 Å². The first-order valence-corrected chi connectivity index (χ1v) is 9.72. The number of carbonyl (C=O) groups is 2. The second-order valence-corrected chi connectivity index (χ2v) is 6.85. The number of nitrogens with zero attached hydrogens (tertiary/aromatic N) is 2. The zero-order valence-electron chi connectivity index (χ0n) is 17.5. The molecule has 0 saturated carbocycles. The Morgan fingerprint density at radius 2 is 1.50 bits per heavy atom. The summed E-state index contributed by atoms with van der Waals surface area (Å²) in [5, 5.41) is 2.69. The van der Waals surface area contributed by atoms with Gasteiger partial charge in [0, 0.05) is 49.6 Å². The maximum Gasteiger partial charge on any atom is 0.251 e. The summed E-state index contributed by atoms with van der Waals surface area (Å²) in [6, 6.07) is 12.8. The van der Waals surface area contributed by atoms with Crippen molar-refractivity contribution in [3.05, 3.63) is 48.0 Å². The van der Waals surface area contributed by atoms with E-state index in [4.69, 9.17) is 14.2 Å². The maximum atomic E-state index is 12.5. The van der Waals surface area contributed by atoms with Crippen LogP contribution in [0.3, 0.4) is 0 Å². The monoisotopic (exact) mass is 413 g/mol. The summed E-state index contributed by atoms with van der Waals surface area (Å²) in [6.45, 7) is 2.58. The lowest BCUT2D eigenvalue weighted by Crippen LogP contribution is -2.51. The van der Waals surface area contributed by atoms with E-state index in [2.05, 4.69) is 10.2 Å². The van der Waals surface area contributed by atoms with Gasteiger partial charge in [-0.3, -0.25) is 9.59 Å². The summed E-state index contributed by atoms with van der Waals surface area (Å²) in [6.07, 6.45) is 0. The van der Waals surface area contributed by atoms with Crippen molar-refractivity contribution in [3.63, 3.8) is 0 Å². The minimum absolute atomic E-state index is 0.0580. The van der Waals surface area contributed by atoms with Crippen molar-refractivity contribution < 1.29 is 23.8 Å². The average Bonchev–Trinajstić information content (AvgIpc) is 2.81. The molecule has 8 nitrogen and oxygen atoms in total. The number of anilines is 1. The molecule has 3 rings (SSSR count). The maximum absolute atomic E-state index is 12.5. The number of carbonyl (C=O) groups excluding carboxylic acids is 2. The van der Waals surface area contributed by atoms with Crippen molar-refractivity contribution in [2.75, 3.05) is 59.0 Å². The van der Waals surface area contributed by atoms with Gasteiger partial charge in [-0.05, 0) is 24.3 Å². The predicted octanol–water partition coefficient (Wildman–Crippen LogP) is 1.79. The van der Waals surface area contributed by atoms with Crippen LogP contribution in [0.2, 0.25) is 0 Å². The molecule has 0 radical (unpaired) electrons. The number of ether oxygens (including phenoxy) is 3. The van der Waals surface area contributed by atoms with Crippen LogP contribution in [0.5, 0.6) is 17.2 Å². The van der Waals surface area contributed by atoms with Crippen LogP contribution in [-0.2, 0) is 4.79 Å². The van der Waals surface area contributed by atoms with E-state index in [1.807, 2.05) is 24.3 Å². The number of hydrogen-bond acceptors (Lipinski definition) is 6. The Kier molecular flexibility index (Phi) is 7.00. The smallest absolute Gasteiger partial charge is 0.251 e. The van der Waals surface area contributed by atoms with Gasteiger partial charge in [0.05, 0.1) is 27.9 Å². The molecule has 1 N–H and O–H groups in total. The second kappa shape index (κ2) is 9.87. The number of hydrogen-bond donors (Lipinski definition) is 1. The highest BCUT2D eigenvalue weighted by Gasteiger charge is 2.22. The zero-order chi connectivity index (χ0) is 21.5. The molecule has 30 heavy (non-hydrogen) atoms. The topological polar surface area (TPSA) is 80.3 Å². The van der Waals surface area contributed by atoms with Crippen LogP contribution in [-0.4, -0.2) is 70.8 Å². The van der Waals surface area contributed by atoms with E-state index in [-0.39, 0.29) is 18.4 Å². The number of rotatable bonds is 7. The van der Waals surface area contributed by atoms with E-state index in [9.17, 15) is 9.59 Å². The summed E-state index contributed by atoms with van der Waals surface area (Å²) in [5.74, 6) is 1.38. The highest BCUT2D eigenvalue weighted by molar-refractivity contribution is 5.97. The lowest BCUT2D eigenvalue weighted by Gasteiger charge is -2.36. The van der Waals surface area contributed by atoms with E-state index in [0.29, 0.717) is 30.2 Å². The van der Waals surface area contributed by atoms with E-state index >= 15 is 0 Å². The highest BCUT2D eigenvalue weighted by atomic mass is 16.5. The molecule has 0 unspecified atom stereocenters. The minimum Gasteiger partial charge on any atom is -0.497 e. The van der Waals surface area contributed by atoms with E-state index in [1.54, 1.807) is 30.2 Å². The van der Waals surface area contributed by atoms with Crippen LogP contribution in [0.15, 0.2) is 42.5 Å². The molecule has 8 heteroatoms. The van der Waals surface area contributed by atoms with Crippen molar-refractivity contribution in [1.82, 2.24) is 10.2 Å². The van der Waals surface area contributed by atoms with Gasteiger partial charge < -0.3 is 29.3 Å². The van der Waals surface area contributed by atoms with E-state index < -0.39 is 0 Å². The van der Waals surface area contributed by atoms with Gasteiger partial charge in [0.25, 0.3) is 5.91 Å². The standard InChI is InChI=1S/C22H27N3O5/c1-28-18-6-4-5-17(13-18)24-7-9-25(10-8-24)21(26)15-23-22(27)16-11-19(29-2)14-20(12-16)30-3/h4-6,11-14H,7-10,15H2,1-3H3,(H,23,27). The molecule has 0 atom stereocenters.